The molecule has 5 heteroatoms. The van der Waals surface area contributed by atoms with Gasteiger partial charge in [0.15, 0.2) is 0 Å². The van der Waals surface area contributed by atoms with Crippen LogP contribution in [0.15, 0.2) is 18.2 Å². The van der Waals surface area contributed by atoms with Crippen LogP contribution in [0.2, 0.25) is 5.02 Å². The fourth-order valence-corrected chi connectivity index (χ4v) is 3.34. The Bertz CT molecular complexity index is 693. The first kappa shape index (κ1) is 14.4. The van der Waals surface area contributed by atoms with Crippen molar-refractivity contribution in [3.63, 3.8) is 0 Å². The summed E-state index contributed by atoms with van der Waals surface area (Å²) >= 11 is 6.05. The van der Waals surface area contributed by atoms with Gasteiger partial charge in [0.05, 0.1) is 0 Å². The summed E-state index contributed by atoms with van der Waals surface area (Å²) < 4.78 is 0. The van der Waals surface area contributed by atoms with Crippen molar-refractivity contribution >= 4 is 28.5 Å². The average Bonchev–Trinajstić information content (AvgIpc) is 2.75. The smallest absolute Gasteiger partial charge is 0.321 e. The number of halogens is 1. The number of carbonyl (C=O) groups is 1. The maximum absolute atomic E-state index is 11.4. The molecule has 0 spiro atoms. The number of hydrogen-bond acceptors (Lipinski definition) is 2. The summed E-state index contributed by atoms with van der Waals surface area (Å²) in [5, 5.41) is 14.4. The maximum atomic E-state index is 11.4. The Morgan fingerprint density at radius 1 is 1.48 bits per heavy atom. The summed E-state index contributed by atoms with van der Waals surface area (Å²) in [5.41, 5.74) is 3.20. The van der Waals surface area contributed by atoms with Crippen molar-refractivity contribution in [1.82, 2.24) is 10.3 Å². The average molecular weight is 307 g/mol. The molecule has 0 saturated heterocycles. The molecule has 0 amide bonds. The van der Waals surface area contributed by atoms with Crippen LogP contribution in [0, 0.1) is 5.92 Å². The van der Waals surface area contributed by atoms with Gasteiger partial charge in [-0.25, -0.2) is 0 Å². The molecule has 1 aliphatic rings. The number of carboxylic acid groups (broad SMARTS) is 1. The van der Waals surface area contributed by atoms with Crippen molar-refractivity contribution in [3.05, 3.63) is 34.5 Å². The monoisotopic (exact) mass is 306 g/mol. The van der Waals surface area contributed by atoms with Crippen LogP contribution < -0.4 is 5.32 Å². The van der Waals surface area contributed by atoms with Crippen LogP contribution in [0.1, 0.15) is 37.6 Å². The zero-order valence-corrected chi connectivity index (χ0v) is 12.9. The van der Waals surface area contributed by atoms with Gasteiger partial charge in [-0.15, -0.1) is 0 Å². The van der Waals surface area contributed by atoms with Crippen molar-refractivity contribution in [2.75, 3.05) is 0 Å². The van der Waals surface area contributed by atoms with Gasteiger partial charge in [-0.3, -0.25) is 10.1 Å². The number of aromatic amines is 1. The first-order valence-corrected chi connectivity index (χ1v) is 7.62. The van der Waals surface area contributed by atoms with E-state index in [1.165, 1.54) is 0 Å². The Labute approximate surface area is 128 Å². The molecule has 2 atom stereocenters. The molecule has 3 N–H and O–H groups in total. The fourth-order valence-electron chi connectivity index (χ4n) is 3.17. The van der Waals surface area contributed by atoms with Crippen LogP contribution in [-0.4, -0.2) is 22.1 Å². The lowest BCUT2D eigenvalue weighted by molar-refractivity contribution is -0.139. The quantitative estimate of drug-likeness (QED) is 0.813. The molecule has 21 heavy (non-hydrogen) atoms. The number of aromatic nitrogens is 1. The molecule has 0 fully saturated rings. The molecule has 112 valence electrons. The number of hydrogen-bond donors (Lipinski definition) is 3. The third kappa shape index (κ3) is 2.65. The van der Waals surface area contributed by atoms with Gasteiger partial charge >= 0.3 is 5.97 Å². The molecule has 2 unspecified atom stereocenters. The van der Waals surface area contributed by atoms with Crippen molar-refractivity contribution < 1.29 is 9.90 Å². The molecule has 1 aromatic carbocycles. The Kier molecular flexibility index (Phi) is 3.68. The van der Waals surface area contributed by atoms with E-state index in [4.69, 9.17) is 11.6 Å². The lowest BCUT2D eigenvalue weighted by Crippen LogP contribution is -2.44. The molecule has 1 aliphatic heterocycles. The van der Waals surface area contributed by atoms with E-state index < -0.39 is 12.0 Å². The minimum atomic E-state index is -0.794. The summed E-state index contributed by atoms with van der Waals surface area (Å²) in [7, 11) is 0. The predicted molar refractivity (Wildman–Crippen MR) is 83.8 cm³/mol. The molecule has 0 saturated carbocycles. The second-order valence-corrected chi connectivity index (χ2v) is 6.59. The van der Waals surface area contributed by atoms with E-state index in [-0.39, 0.29) is 6.04 Å². The topological polar surface area (TPSA) is 65.1 Å². The predicted octanol–water partition coefficient (Wildman–Crippen LogP) is 3.51. The highest BCUT2D eigenvalue weighted by molar-refractivity contribution is 6.31. The van der Waals surface area contributed by atoms with E-state index in [1.807, 2.05) is 18.2 Å². The minimum absolute atomic E-state index is 0.0426. The van der Waals surface area contributed by atoms with Crippen molar-refractivity contribution in [1.29, 1.82) is 0 Å². The van der Waals surface area contributed by atoms with E-state index in [1.54, 1.807) is 0 Å². The molecule has 2 heterocycles. The first-order chi connectivity index (χ1) is 9.95. The minimum Gasteiger partial charge on any atom is -0.480 e. The van der Waals surface area contributed by atoms with Crippen molar-refractivity contribution in [3.8, 4) is 0 Å². The maximum Gasteiger partial charge on any atom is 0.321 e. The molecular weight excluding hydrogens is 288 g/mol. The van der Waals surface area contributed by atoms with Gasteiger partial charge < -0.3 is 10.1 Å². The van der Waals surface area contributed by atoms with Crippen LogP contribution in [0.4, 0.5) is 0 Å². The van der Waals surface area contributed by atoms with Crippen molar-refractivity contribution in [2.45, 2.75) is 38.8 Å². The third-order valence-corrected chi connectivity index (χ3v) is 4.30. The largest absolute Gasteiger partial charge is 0.480 e. The molecule has 0 aliphatic carbocycles. The first-order valence-electron chi connectivity index (χ1n) is 7.24. The summed E-state index contributed by atoms with van der Waals surface area (Å²) in [6.45, 7) is 4.29. The number of benzene rings is 1. The lowest BCUT2D eigenvalue weighted by Gasteiger charge is -2.30. The number of rotatable bonds is 3. The third-order valence-electron chi connectivity index (χ3n) is 4.07. The van der Waals surface area contributed by atoms with E-state index in [2.05, 4.69) is 24.1 Å². The van der Waals surface area contributed by atoms with E-state index in [0.29, 0.717) is 17.4 Å². The standard InChI is InChI=1S/C16H19ClN2O2/c1-8(2)5-13-15-11(7-14(18-13)16(20)21)10-4-3-9(17)6-12(10)19-15/h3-4,6,8,13-14,18-19H,5,7H2,1-2H3,(H,20,21). The molecule has 0 radical (unpaired) electrons. The highest BCUT2D eigenvalue weighted by Crippen LogP contribution is 2.35. The van der Waals surface area contributed by atoms with Crippen LogP contribution in [0.3, 0.4) is 0 Å². The molecule has 2 aromatic rings. The molecule has 3 rings (SSSR count). The Morgan fingerprint density at radius 3 is 2.90 bits per heavy atom. The van der Waals surface area contributed by atoms with Crippen LogP contribution in [0.5, 0.6) is 0 Å². The SMILES string of the molecule is CC(C)CC1NC(C(=O)O)Cc2c1[nH]c1cc(Cl)ccc21. The second kappa shape index (κ2) is 5.35. The fraction of sp³-hybridized carbons (Fsp3) is 0.438. The summed E-state index contributed by atoms with van der Waals surface area (Å²) in [4.78, 5) is 14.8. The van der Waals surface area contributed by atoms with Crippen LogP contribution in [-0.2, 0) is 11.2 Å². The van der Waals surface area contributed by atoms with Gasteiger partial charge in [0.25, 0.3) is 0 Å². The van der Waals surface area contributed by atoms with Gasteiger partial charge in [-0.1, -0.05) is 31.5 Å². The van der Waals surface area contributed by atoms with Gasteiger partial charge in [0.2, 0.25) is 0 Å². The Balaban J connectivity index is 2.11. The molecule has 1 aromatic heterocycles. The summed E-state index contributed by atoms with van der Waals surface area (Å²) in [5.74, 6) is -0.310. The van der Waals surface area contributed by atoms with E-state index in [0.717, 1.165) is 28.6 Å². The molecule has 0 bridgehead atoms. The van der Waals surface area contributed by atoms with Crippen LogP contribution >= 0.6 is 11.6 Å². The number of carboxylic acids is 1. The van der Waals surface area contributed by atoms with Gasteiger partial charge in [-0.05, 0) is 30.0 Å². The number of nitrogens with one attached hydrogen (secondary N) is 2. The highest BCUT2D eigenvalue weighted by atomic mass is 35.5. The van der Waals surface area contributed by atoms with Gasteiger partial charge in [-0.2, -0.15) is 0 Å². The number of aliphatic carboxylic acids is 1. The lowest BCUT2D eigenvalue weighted by atomic mass is 9.90. The van der Waals surface area contributed by atoms with Gasteiger partial charge in [0, 0.05) is 34.1 Å². The van der Waals surface area contributed by atoms with Crippen LogP contribution in [0.25, 0.3) is 10.9 Å². The van der Waals surface area contributed by atoms with Crippen molar-refractivity contribution in [2.24, 2.45) is 5.92 Å². The second-order valence-electron chi connectivity index (χ2n) is 6.15. The summed E-state index contributed by atoms with van der Waals surface area (Å²) in [6, 6.07) is 5.24. The van der Waals surface area contributed by atoms with Gasteiger partial charge in [0.1, 0.15) is 6.04 Å². The summed E-state index contributed by atoms with van der Waals surface area (Å²) in [6.07, 6.45) is 1.40. The zero-order valence-electron chi connectivity index (χ0n) is 12.1. The molecule has 4 nitrogen and oxygen atoms in total. The Morgan fingerprint density at radius 2 is 2.24 bits per heavy atom. The zero-order chi connectivity index (χ0) is 15.1. The van der Waals surface area contributed by atoms with E-state index in [9.17, 15) is 9.90 Å². The number of fused-ring (bicyclic) bond motifs is 3. The Hall–Kier alpha value is -1.52. The highest BCUT2D eigenvalue weighted by Gasteiger charge is 2.33. The van der Waals surface area contributed by atoms with E-state index >= 15 is 0 Å². The normalized spacial score (nSPS) is 21.7. The number of H-pyrrole nitrogens is 1. The molecular formula is C16H19ClN2O2.